The first kappa shape index (κ1) is 12.8. The normalized spacial score (nSPS) is 14.2. The van der Waals surface area contributed by atoms with Crippen molar-refractivity contribution in [3.8, 4) is 5.75 Å². The van der Waals surface area contributed by atoms with Crippen molar-refractivity contribution in [2.75, 3.05) is 20.6 Å². The van der Waals surface area contributed by atoms with Gasteiger partial charge in [0.25, 0.3) is 0 Å². The van der Waals surface area contributed by atoms with Gasteiger partial charge in [0.05, 0.1) is 0 Å². The van der Waals surface area contributed by atoms with E-state index in [1.165, 1.54) is 5.57 Å². The lowest BCUT2D eigenvalue weighted by Gasteiger charge is -2.20. The molecule has 2 heteroatoms. The molecule has 0 amide bonds. The Kier molecular flexibility index (Phi) is 4.56. The Bertz CT molecular complexity index is 369. The first-order chi connectivity index (χ1) is 7.54. The molecule has 16 heavy (non-hydrogen) atoms. The van der Waals surface area contributed by atoms with Crippen molar-refractivity contribution in [1.82, 2.24) is 4.90 Å². The van der Waals surface area contributed by atoms with E-state index < -0.39 is 0 Å². The van der Waals surface area contributed by atoms with E-state index in [2.05, 4.69) is 32.0 Å². The molecule has 0 fully saturated rings. The van der Waals surface area contributed by atoms with E-state index in [0.717, 1.165) is 12.1 Å². The molecule has 0 radical (unpaired) electrons. The van der Waals surface area contributed by atoms with Gasteiger partial charge in [-0.05, 0) is 50.2 Å². The Morgan fingerprint density at radius 3 is 2.62 bits per heavy atom. The van der Waals surface area contributed by atoms with Crippen LogP contribution < -0.4 is 0 Å². The molecule has 0 saturated heterocycles. The average molecular weight is 219 g/mol. The zero-order valence-electron chi connectivity index (χ0n) is 10.6. The maximum atomic E-state index is 9.48. The number of phenolic OH excluding ortho intramolecular Hbond substituents is 1. The molecular weight excluding hydrogens is 198 g/mol. The van der Waals surface area contributed by atoms with E-state index in [1.54, 1.807) is 6.07 Å². The molecule has 0 aliphatic carbocycles. The van der Waals surface area contributed by atoms with Crippen LogP contribution in [0.3, 0.4) is 0 Å². The summed E-state index contributed by atoms with van der Waals surface area (Å²) in [5.41, 5.74) is 2.39. The summed E-state index contributed by atoms with van der Waals surface area (Å²) in [6.45, 7) is 5.26. The van der Waals surface area contributed by atoms with Gasteiger partial charge in [-0.2, -0.15) is 0 Å². The van der Waals surface area contributed by atoms with Crippen LogP contribution in [0.15, 0.2) is 30.3 Å². The van der Waals surface area contributed by atoms with Crippen molar-refractivity contribution in [1.29, 1.82) is 0 Å². The van der Waals surface area contributed by atoms with Crippen LogP contribution >= 0.6 is 0 Å². The van der Waals surface area contributed by atoms with E-state index in [1.807, 2.05) is 25.1 Å². The lowest BCUT2D eigenvalue weighted by Crippen LogP contribution is -2.20. The SMILES string of the molecule is CC=C(c1cccc(O)c1)[C@@H](C)CN(C)C. The molecule has 1 rings (SSSR count). The lowest BCUT2D eigenvalue weighted by atomic mass is 9.93. The largest absolute Gasteiger partial charge is 0.508 e. The molecule has 0 aliphatic heterocycles. The van der Waals surface area contributed by atoms with Gasteiger partial charge >= 0.3 is 0 Å². The Labute approximate surface area is 98.2 Å². The van der Waals surface area contributed by atoms with Gasteiger partial charge in [-0.15, -0.1) is 0 Å². The molecule has 0 bridgehead atoms. The number of hydrogen-bond acceptors (Lipinski definition) is 2. The molecule has 2 nitrogen and oxygen atoms in total. The van der Waals surface area contributed by atoms with E-state index in [4.69, 9.17) is 0 Å². The van der Waals surface area contributed by atoms with E-state index >= 15 is 0 Å². The van der Waals surface area contributed by atoms with Gasteiger partial charge < -0.3 is 10.0 Å². The standard InChI is InChI=1S/C14H21NO/c1-5-14(11(2)10-15(3)4)12-7-6-8-13(16)9-12/h5-9,11,16H,10H2,1-4H3/t11-/m0/s1. The molecule has 0 spiro atoms. The minimum Gasteiger partial charge on any atom is -0.508 e. The summed E-state index contributed by atoms with van der Waals surface area (Å²) in [7, 11) is 4.15. The summed E-state index contributed by atoms with van der Waals surface area (Å²) < 4.78 is 0. The van der Waals surface area contributed by atoms with Gasteiger partial charge in [0, 0.05) is 6.54 Å². The maximum Gasteiger partial charge on any atom is 0.116 e. The van der Waals surface area contributed by atoms with E-state index in [9.17, 15) is 5.11 Å². The number of phenols is 1. The number of rotatable bonds is 4. The van der Waals surface area contributed by atoms with Crippen LogP contribution in [0.2, 0.25) is 0 Å². The van der Waals surface area contributed by atoms with Gasteiger partial charge in [-0.3, -0.25) is 0 Å². The molecule has 1 atom stereocenters. The van der Waals surface area contributed by atoms with Crippen molar-refractivity contribution in [3.63, 3.8) is 0 Å². The lowest BCUT2D eigenvalue weighted by molar-refractivity contribution is 0.376. The van der Waals surface area contributed by atoms with Crippen molar-refractivity contribution in [3.05, 3.63) is 35.9 Å². The monoisotopic (exact) mass is 219 g/mol. The van der Waals surface area contributed by atoms with Crippen LogP contribution in [0.4, 0.5) is 0 Å². The molecule has 0 saturated carbocycles. The summed E-state index contributed by atoms with van der Waals surface area (Å²) in [4.78, 5) is 2.18. The van der Waals surface area contributed by atoms with Gasteiger partial charge in [-0.25, -0.2) is 0 Å². The molecule has 0 aliphatic rings. The fourth-order valence-electron chi connectivity index (χ4n) is 2.07. The summed E-state index contributed by atoms with van der Waals surface area (Å²) in [6, 6.07) is 7.45. The molecule has 1 N–H and O–H groups in total. The first-order valence-electron chi connectivity index (χ1n) is 5.65. The van der Waals surface area contributed by atoms with Crippen LogP contribution in [0, 0.1) is 5.92 Å². The molecule has 0 aromatic heterocycles. The second-order valence-electron chi connectivity index (χ2n) is 4.46. The second-order valence-corrected chi connectivity index (χ2v) is 4.46. The van der Waals surface area contributed by atoms with Crippen LogP contribution in [0.1, 0.15) is 19.4 Å². The topological polar surface area (TPSA) is 23.5 Å². The molecule has 0 heterocycles. The molecular formula is C14H21NO. The fourth-order valence-corrected chi connectivity index (χ4v) is 2.07. The predicted octanol–water partition coefficient (Wildman–Crippen LogP) is 2.99. The quantitative estimate of drug-likeness (QED) is 0.841. The highest BCUT2D eigenvalue weighted by Crippen LogP contribution is 2.26. The first-order valence-corrected chi connectivity index (χ1v) is 5.65. The van der Waals surface area contributed by atoms with Crippen molar-refractivity contribution in [2.45, 2.75) is 13.8 Å². The van der Waals surface area contributed by atoms with E-state index in [-0.39, 0.29) is 0 Å². The minimum absolute atomic E-state index is 0.328. The van der Waals surface area contributed by atoms with E-state index in [0.29, 0.717) is 11.7 Å². The number of hydrogen-bond donors (Lipinski definition) is 1. The van der Waals surface area contributed by atoms with Gasteiger partial charge in [0.1, 0.15) is 5.75 Å². The van der Waals surface area contributed by atoms with Gasteiger partial charge in [-0.1, -0.05) is 25.1 Å². The van der Waals surface area contributed by atoms with Gasteiger partial charge in [0.15, 0.2) is 0 Å². The second kappa shape index (κ2) is 5.71. The summed E-state index contributed by atoms with van der Waals surface area (Å²) in [5.74, 6) is 0.788. The maximum absolute atomic E-state index is 9.48. The third-order valence-corrected chi connectivity index (χ3v) is 2.66. The summed E-state index contributed by atoms with van der Waals surface area (Å²) >= 11 is 0. The Balaban J connectivity index is 2.91. The third-order valence-electron chi connectivity index (χ3n) is 2.66. The summed E-state index contributed by atoms with van der Waals surface area (Å²) in [5, 5.41) is 9.48. The highest BCUT2D eigenvalue weighted by molar-refractivity contribution is 5.68. The van der Waals surface area contributed by atoms with Crippen molar-refractivity contribution < 1.29 is 5.11 Å². The zero-order valence-corrected chi connectivity index (χ0v) is 10.6. The Morgan fingerprint density at radius 1 is 1.44 bits per heavy atom. The number of aromatic hydroxyl groups is 1. The molecule has 1 aromatic carbocycles. The number of benzene rings is 1. The van der Waals surface area contributed by atoms with Crippen LogP contribution in [0.5, 0.6) is 5.75 Å². The fraction of sp³-hybridized carbons (Fsp3) is 0.429. The smallest absolute Gasteiger partial charge is 0.116 e. The number of allylic oxidation sites excluding steroid dienone is 1. The van der Waals surface area contributed by atoms with Crippen LogP contribution in [0.25, 0.3) is 5.57 Å². The van der Waals surface area contributed by atoms with Crippen molar-refractivity contribution >= 4 is 5.57 Å². The molecule has 1 aromatic rings. The Hall–Kier alpha value is -1.28. The van der Waals surface area contributed by atoms with Crippen molar-refractivity contribution in [2.24, 2.45) is 5.92 Å². The Morgan fingerprint density at radius 2 is 2.12 bits per heavy atom. The van der Waals surface area contributed by atoms with Gasteiger partial charge in [0.2, 0.25) is 0 Å². The minimum atomic E-state index is 0.328. The predicted molar refractivity (Wildman–Crippen MR) is 69.5 cm³/mol. The highest BCUT2D eigenvalue weighted by Gasteiger charge is 2.11. The number of nitrogens with zero attached hydrogens (tertiary/aromatic N) is 1. The molecule has 0 unspecified atom stereocenters. The zero-order chi connectivity index (χ0) is 12.1. The van der Waals surface area contributed by atoms with Crippen LogP contribution in [-0.2, 0) is 0 Å². The van der Waals surface area contributed by atoms with Crippen LogP contribution in [-0.4, -0.2) is 30.6 Å². The average Bonchev–Trinajstić information content (AvgIpc) is 2.17. The summed E-state index contributed by atoms with van der Waals surface area (Å²) in [6.07, 6.45) is 2.13. The highest BCUT2D eigenvalue weighted by atomic mass is 16.3. The molecule has 88 valence electrons. The third kappa shape index (κ3) is 3.38.